The van der Waals surface area contributed by atoms with E-state index >= 15 is 0 Å². The van der Waals surface area contributed by atoms with Crippen molar-refractivity contribution in [2.45, 2.75) is 6.42 Å². The van der Waals surface area contributed by atoms with E-state index in [1.54, 1.807) is 24.3 Å². The number of carbonyl (C=O) groups is 4. The zero-order chi connectivity index (χ0) is 29.3. The molecule has 0 radical (unpaired) electrons. The number of amides is 4. The van der Waals surface area contributed by atoms with Gasteiger partial charge in [0, 0.05) is 39.6 Å². The number of aliphatic hydroxyl groups excluding tert-OH is 1. The molecule has 0 aliphatic carbocycles. The lowest BCUT2D eigenvalue weighted by atomic mass is 9.82. The summed E-state index contributed by atoms with van der Waals surface area (Å²) in [6.45, 7) is 1.34. The Morgan fingerprint density at radius 1 is 0.595 bits per heavy atom. The first-order chi connectivity index (χ1) is 20.3. The van der Waals surface area contributed by atoms with Gasteiger partial charge in [-0.1, -0.05) is 24.3 Å². The molecule has 2 heterocycles. The number of aliphatic hydroxyl groups is 1. The lowest BCUT2D eigenvalue weighted by molar-refractivity contribution is 0.0477. The fourth-order valence-electron chi connectivity index (χ4n) is 6.64. The number of hydrogen-bond acceptors (Lipinski definition) is 7. The first kappa shape index (κ1) is 26.5. The van der Waals surface area contributed by atoms with Crippen molar-refractivity contribution < 1.29 is 29.0 Å². The standard InChI is InChI=1S/C33H29N3O6/c1-34(2)12-3-13-35-30(38)22-8-4-18-20-6-10-24-29-25(33(41)36(32(24)40)14-16-42-17-15-37)11-7-21(27(20)29)19-5-9-23(31(35)39)28(22)26(18)19/h4-11,37H,3,12-17H2,1-2H3. The van der Waals surface area contributed by atoms with Crippen LogP contribution >= 0.6 is 0 Å². The minimum absolute atomic E-state index is 0.0873. The van der Waals surface area contributed by atoms with Crippen molar-refractivity contribution in [3.63, 3.8) is 0 Å². The molecule has 1 N–H and O–H groups in total. The van der Waals surface area contributed by atoms with Gasteiger partial charge in [0.1, 0.15) is 0 Å². The van der Waals surface area contributed by atoms with Crippen LogP contribution in [0.2, 0.25) is 0 Å². The Kier molecular flexibility index (Phi) is 6.20. The van der Waals surface area contributed by atoms with Crippen molar-refractivity contribution in [2.24, 2.45) is 0 Å². The van der Waals surface area contributed by atoms with E-state index in [1.165, 1.54) is 9.80 Å². The van der Waals surface area contributed by atoms with Crippen LogP contribution in [0.4, 0.5) is 0 Å². The zero-order valence-corrected chi connectivity index (χ0v) is 23.4. The molecule has 42 heavy (non-hydrogen) atoms. The molecular weight excluding hydrogens is 534 g/mol. The molecule has 9 nitrogen and oxygen atoms in total. The average Bonchev–Trinajstić information content (AvgIpc) is 2.99. The number of hydrogen-bond donors (Lipinski definition) is 1. The third-order valence-electron chi connectivity index (χ3n) is 8.49. The van der Waals surface area contributed by atoms with Gasteiger partial charge in [0.15, 0.2) is 0 Å². The quantitative estimate of drug-likeness (QED) is 0.126. The molecule has 5 aromatic carbocycles. The average molecular weight is 564 g/mol. The van der Waals surface area contributed by atoms with Gasteiger partial charge in [-0.05, 0) is 83.6 Å². The topological polar surface area (TPSA) is 107 Å². The molecule has 7 rings (SSSR count). The van der Waals surface area contributed by atoms with Crippen LogP contribution in [0.1, 0.15) is 47.9 Å². The Balaban J connectivity index is 1.41. The number of fused-ring (bicyclic) bond motifs is 2. The maximum absolute atomic E-state index is 13.6. The smallest absolute Gasteiger partial charge is 0.261 e. The van der Waals surface area contributed by atoms with Gasteiger partial charge < -0.3 is 14.7 Å². The van der Waals surface area contributed by atoms with E-state index in [9.17, 15) is 19.2 Å². The van der Waals surface area contributed by atoms with E-state index in [1.807, 2.05) is 43.3 Å². The Bertz CT molecular complexity index is 1860. The van der Waals surface area contributed by atoms with Gasteiger partial charge in [-0.3, -0.25) is 29.0 Å². The molecule has 212 valence electrons. The predicted octanol–water partition coefficient (Wildman–Crippen LogP) is 3.89. The molecule has 0 saturated heterocycles. The number of ether oxygens (including phenoxy) is 1. The summed E-state index contributed by atoms with van der Waals surface area (Å²) < 4.78 is 5.31. The van der Waals surface area contributed by atoms with Gasteiger partial charge in [0.25, 0.3) is 23.6 Å². The number of nitrogens with zero attached hydrogens (tertiary/aromatic N) is 3. The van der Waals surface area contributed by atoms with Crippen LogP contribution in [0.25, 0.3) is 43.1 Å². The number of rotatable bonds is 9. The second-order valence-corrected chi connectivity index (χ2v) is 11.2. The van der Waals surface area contributed by atoms with Crippen molar-refractivity contribution in [1.29, 1.82) is 0 Å². The molecule has 4 amide bonds. The van der Waals surface area contributed by atoms with Crippen LogP contribution in [0.5, 0.6) is 0 Å². The highest BCUT2D eigenvalue weighted by molar-refractivity contribution is 6.41. The molecule has 0 bridgehead atoms. The van der Waals surface area contributed by atoms with Crippen molar-refractivity contribution in [2.75, 3.05) is 53.6 Å². The van der Waals surface area contributed by atoms with Gasteiger partial charge in [-0.25, -0.2) is 0 Å². The molecule has 2 aliphatic heterocycles. The van der Waals surface area contributed by atoms with Crippen LogP contribution in [-0.2, 0) is 4.74 Å². The fraction of sp³-hybridized carbons (Fsp3) is 0.273. The zero-order valence-electron chi connectivity index (χ0n) is 23.4. The van der Waals surface area contributed by atoms with Crippen LogP contribution < -0.4 is 0 Å². The third kappa shape index (κ3) is 3.67. The molecule has 0 aromatic heterocycles. The summed E-state index contributed by atoms with van der Waals surface area (Å²) in [6, 6.07) is 14.7. The summed E-state index contributed by atoms with van der Waals surface area (Å²) in [6.07, 6.45) is 0.684. The predicted molar refractivity (Wildman–Crippen MR) is 159 cm³/mol. The van der Waals surface area contributed by atoms with Gasteiger partial charge in [-0.15, -0.1) is 0 Å². The highest BCUT2D eigenvalue weighted by Crippen LogP contribution is 2.46. The SMILES string of the molecule is CN(C)CCCN1C(=O)c2ccc3c4ccc5c6c(ccc(c7ccc(c2c37)C1=O)c64)C(=O)N(CCOCCO)C5=O. The van der Waals surface area contributed by atoms with E-state index in [4.69, 9.17) is 9.84 Å². The van der Waals surface area contributed by atoms with E-state index in [-0.39, 0.29) is 50.0 Å². The largest absolute Gasteiger partial charge is 0.394 e. The van der Waals surface area contributed by atoms with Gasteiger partial charge >= 0.3 is 0 Å². The number of carbonyl (C=O) groups excluding carboxylic acids is 4. The molecule has 0 unspecified atom stereocenters. The maximum atomic E-state index is 13.6. The summed E-state index contributed by atoms with van der Waals surface area (Å²) in [7, 11) is 3.92. The number of benzene rings is 5. The summed E-state index contributed by atoms with van der Waals surface area (Å²) in [5.41, 5.74) is 1.90. The van der Waals surface area contributed by atoms with E-state index in [0.29, 0.717) is 46.0 Å². The first-order valence-electron chi connectivity index (χ1n) is 14.1. The Morgan fingerprint density at radius 2 is 1.00 bits per heavy atom. The molecule has 2 aliphatic rings. The summed E-state index contributed by atoms with van der Waals surface area (Å²) in [5.74, 6) is -1.34. The lowest BCUT2D eigenvalue weighted by Crippen LogP contribution is -2.42. The van der Waals surface area contributed by atoms with Crippen LogP contribution in [0, 0.1) is 0 Å². The van der Waals surface area contributed by atoms with Crippen LogP contribution in [0.15, 0.2) is 48.5 Å². The molecule has 5 aromatic rings. The van der Waals surface area contributed by atoms with Crippen molar-refractivity contribution in [3.8, 4) is 0 Å². The summed E-state index contributed by atoms with van der Waals surface area (Å²) in [5, 5.41) is 15.3. The van der Waals surface area contributed by atoms with E-state index in [2.05, 4.69) is 0 Å². The van der Waals surface area contributed by atoms with E-state index in [0.717, 1.165) is 38.9 Å². The minimum Gasteiger partial charge on any atom is -0.394 e. The van der Waals surface area contributed by atoms with E-state index < -0.39 is 0 Å². The molecule has 0 fully saturated rings. The third-order valence-corrected chi connectivity index (χ3v) is 8.49. The first-order valence-corrected chi connectivity index (χ1v) is 14.1. The Hall–Kier alpha value is -4.44. The molecule has 9 heteroatoms. The molecule has 0 atom stereocenters. The molecule has 0 spiro atoms. The minimum atomic E-state index is -0.384. The van der Waals surface area contributed by atoms with Crippen molar-refractivity contribution in [1.82, 2.24) is 14.7 Å². The molecular formula is C33H29N3O6. The second-order valence-electron chi connectivity index (χ2n) is 11.2. The van der Waals surface area contributed by atoms with Crippen LogP contribution in [-0.4, -0.2) is 97.0 Å². The molecule has 0 saturated carbocycles. The summed E-state index contributed by atoms with van der Waals surface area (Å²) in [4.78, 5) is 58.8. The van der Waals surface area contributed by atoms with Crippen molar-refractivity contribution >= 4 is 66.7 Å². The van der Waals surface area contributed by atoms with Gasteiger partial charge in [0.05, 0.1) is 26.4 Å². The fourth-order valence-corrected chi connectivity index (χ4v) is 6.64. The van der Waals surface area contributed by atoms with Crippen molar-refractivity contribution in [3.05, 3.63) is 70.8 Å². The summed E-state index contributed by atoms with van der Waals surface area (Å²) >= 11 is 0. The highest BCUT2D eigenvalue weighted by Gasteiger charge is 2.36. The lowest BCUT2D eigenvalue weighted by Gasteiger charge is -2.30. The van der Waals surface area contributed by atoms with Gasteiger partial charge in [-0.2, -0.15) is 0 Å². The Labute approximate surface area is 241 Å². The highest BCUT2D eigenvalue weighted by atomic mass is 16.5. The maximum Gasteiger partial charge on any atom is 0.261 e. The monoisotopic (exact) mass is 563 g/mol. The second kappa shape index (κ2) is 9.84. The normalized spacial score (nSPS) is 15.1. The number of imide groups is 2. The van der Waals surface area contributed by atoms with Gasteiger partial charge in [0.2, 0.25) is 0 Å². The Morgan fingerprint density at radius 3 is 1.38 bits per heavy atom. The van der Waals surface area contributed by atoms with Crippen LogP contribution in [0.3, 0.4) is 0 Å².